The Bertz CT molecular complexity index is 1560. The van der Waals surface area contributed by atoms with Gasteiger partial charge in [-0.3, -0.25) is 14.2 Å². The fourth-order valence-corrected chi connectivity index (χ4v) is 6.79. The summed E-state index contributed by atoms with van der Waals surface area (Å²) in [6.45, 7) is 1.70. The van der Waals surface area contributed by atoms with Gasteiger partial charge in [0.05, 0.1) is 44.3 Å². The van der Waals surface area contributed by atoms with Crippen molar-refractivity contribution in [2.45, 2.75) is 14.7 Å². The van der Waals surface area contributed by atoms with Crippen LogP contribution in [0, 0.1) is 0 Å². The summed E-state index contributed by atoms with van der Waals surface area (Å²) in [5.41, 5.74) is 0.536. The van der Waals surface area contributed by atoms with Crippen molar-refractivity contribution < 1.29 is 26.4 Å². The van der Waals surface area contributed by atoms with Gasteiger partial charge in [-0.2, -0.15) is 0 Å². The number of nitrogens with zero attached hydrogens (tertiary/aromatic N) is 1. The molecule has 1 aliphatic heterocycles. The van der Waals surface area contributed by atoms with Crippen LogP contribution in [-0.4, -0.2) is 60.2 Å². The van der Waals surface area contributed by atoms with Crippen LogP contribution in [-0.2, 0) is 24.8 Å². The number of carbonyl (C=O) groups is 1. The number of hydrogen-bond donors (Lipinski definition) is 2. The Kier molecular flexibility index (Phi) is 8.80. The van der Waals surface area contributed by atoms with Crippen molar-refractivity contribution in [1.82, 2.24) is 4.90 Å². The lowest BCUT2D eigenvalue weighted by Crippen LogP contribution is -2.40. The molecule has 2 N–H and O–H groups in total. The van der Waals surface area contributed by atoms with Crippen LogP contribution in [0.3, 0.4) is 0 Å². The van der Waals surface area contributed by atoms with E-state index in [0.29, 0.717) is 31.2 Å². The number of ether oxygens (including phenoxy) is 1. The van der Waals surface area contributed by atoms with Crippen LogP contribution in [0.25, 0.3) is 0 Å². The second kappa shape index (κ2) is 11.7. The third kappa shape index (κ3) is 6.38. The maximum atomic E-state index is 13.1. The summed E-state index contributed by atoms with van der Waals surface area (Å²) < 4.78 is 61.9. The van der Waals surface area contributed by atoms with Gasteiger partial charge in [0.2, 0.25) is 0 Å². The minimum atomic E-state index is -4.08. The lowest BCUT2D eigenvalue weighted by Gasteiger charge is -2.27. The summed E-state index contributed by atoms with van der Waals surface area (Å²) in [5.74, 6) is -0.267. The zero-order valence-electron chi connectivity index (χ0n) is 20.0. The highest BCUT2D eigenvalue weighted by atomic mass is 35.5. The number of carbonyl (C=O) groups excluding carboxylic acids is 1. The molecule has 0 unspecified atom stereocenters. The number of anilines is 2. The van der Waals surface area contributed by atoms with E-state index in [1.807, 2.05) is 6.26 Å². The third-order valence-electron chi connectivity index (χ3n) is 5.62. The Labute approximate surface area is 235 Å². The number of sulfonamides is 2. The van der Waals surface area contributed by atoms with Crippen molar-refractivity contribution in [3.05, 3.63) is 76.3 Å². The lowest BCUT2D eigenvalue weighted by molar-refractivity contribution is 0.0300. The monoisotopic (exact) mass is 615 g/mol. The molecule has 4 rings (SSSR count). The summed E-state index contributed by atoms with van der Waals surface area (Å²) in [7, 11) is -8.11. The van der Waals surface area contributed by atoms with E-state index in [9.17, 15) is 21.6 Å². The standard InChI is InChI=1S/C24H23Cl2N3O6S3/c1-36-22-10-9-18(15-19(22)24(30)29-11-13-35-14-12-29)38(33,34)27-16-5-7-17(8-6-16)37(31,32)28-21-4-2-3-20(25)23(21)26/h2-10,15,27-28H,11-14H2,1H3. The molecule has 14 heteroatoms. The van der Waals surface area contributed by atoms with Crippen molar-refractivity contribution in [3.8, 4) is 0 Å². The second-order valence-electron chi connectivity index (χ2n) is 8.10. The lowest BCUT2D eigenvalue weighted by atomic mass is 10.2. The van der Waals surface area contributed by atoms with Gasteiger partial charge in [0.25, 0.3) is 26.0 Å². The number of thioether (sulfide) groups is 1. The second-order valence-corrected chi connectivity index (χ2v) is 13.1. The van der Waals surface area contributed by atoms with Gasteiger partial charge < -0.3 is 9.64 Å². The molecule has 0 aromatic heterocycles. The number of rotatable bonds is 8. The quantitative estimate of drug-likeness (QED) is 0.349. The molecule has 0 atom stereocenters. The average Bonchev–Trinajstić information content (AvgIpc) is 2.91. The van der Waals surface area contributed by atoms with E-state index >= 15 is 0 Å². The summed E-state index contributed by atoms with van der Waals surface area (Å²) in [4.78, 5) is 15.2. The van der Waals surface area contributed by atoms with Crippen LogP contribution in [0.4, 0.5) is 11.4 Å². The molecule has 3 aromatic rings. The smallest absolute Gasteiger partial charge is 0.261 e. The largest absolute Gasteiger partial charge is 0.378 e. The predicted molar refractivity (Wildman–Crippen MR) is 149 cm³/mol. The molecular formula is C24H23Cl2N3O6S3. The van der Waals surface area contributed by atoms with E-state index in [1.165, 1.54) is 60.3 Å². The minimum Gasteiger partial charge on any atom is -0.378 e. The predicted octanol–water partition coefficient (Wildman–Crippen LogP) is 4.79. The van der Waals surface area contributed by atoms with Gasteiger partial charge in [0, 0.05) is 23.7 Å². The first-order chi connectivity index (χ1) is 18.0. The Morgan fingerprint density at radius 3 is 2.18 bits per heavy atom. The van der Waals surface area contributed by atoms with Crippen molar-refractivity contribution in [2.75, 3.05) is 42.0 Å². The highest BCUT2D eigenvalue weighted by Crippen LogP contribution is 2.31. The molecule has 38 heavy (non-hydrogen) atoms. The van der Waals surface area contributed by atoms with Crippen LogP contribution < -0.4 is 9.44 Å². The number of amides is 1. The molecule has 1 heterocycles. The third-order valence-corrected chi connectivity index (χ3v) is 10.00. The van der Waals surface area contributed by atoms with Crippen LogP contribution in [0.2, 0.25) is 10.0 Å². The number of nitrogens with one attached hydrogen (secondary N) is 2. The van der Waals surface area contributed by atoms with E-state index in [2.05, 4.69) is 9.44 Å². The molecule has 0 radical (unpaired) electrons. The SMILES string of the molecule is CSc1ccc(S(=O)(=O)Nc2ccc(S(=O)(=O)Nc3cccc(Cl)c3Cl)cc2)cc1C(=O)N1CCOCC1. The van der Waals surface area contributed by atoms with Crippen molar-refractivity contribution in [2.24, 2.45) is 0 Å². The van der Waals surface area contributed by atoms with Crippen LogP contribution in [0.5, 0.6) is 0 Å². The molecule has 202 valence electrons. The van der Waals surface area contributed by atoms with Gasteiger partial charge in [-0.05, 0) is 60.9 Å². The number of benzene rings is 3. The van der Waals surface area contributed by atoms with E-state index < -0.39 is 20.0 Å². The molecule has 0 aliphatic carbocycles. The summed E-state index contributed by atoms with van der Waals surface area (Å²) in [5, 5.41) is 0.248. The molecule has 9 nitrogen and oxygen atoms in total. The van der Waals surface area contributed by atoms with Gasteiger partial charge in [-0.25, -0.2) is 16.8 Å². The Morgan fingerprint density at radius 1 is 0.895 bits per heavy atom. The van der Waals surface area contributed by atoms with Crippen molar-refractivity contribution in [1.29, 1.82) is 0 Å². The van der Waals surface area contributed by atoms with E-state index in [-0.39, 0.29) is 42.7 Å². The summed E-state index contributed by atoms with van der Waals surface area (Å²) in [6.07, 6.45) is 1.81. The average molecular weight is 617 g/mol. The molecule has 3 aromatic carbocycles. The normalized spacial score (nSPS) is 14.2. The topological polar surface area (TPSA) is 122 Å². The minimum absolute atomic E-state index is 0.0566. The van der Waals surface area contributed by atoms with Gasteiger partial charge in [-0.15, -0.1) is 11.8 Å². The molecule has 0 saturated carbocycles. The fourth-order valence-electron chi connectivity index (χ4n) is 3.66. The Balaban J connectivity index is 1.54. The number of morpholine rings is 1. The van der Waals surface area contributed by atoms with Gasteiger partial charge in [0.1, 0.15) is 0 Å². The summed E-state index contributed by atoms with van der Waals surface area (Å²) >= 11 is 13.4. The van der Waals surface area contributed by atoms with Crippen molar-refractivity contribution >= 4 is 72.3 Å². The maximum absolute atomic E-state index is 13.1. The molecule has 1 saturated heterocycles. The molecular weight excluding hydrogens is 593 g/mol. The van der Waals surface area contributed by atoms with Gasteiger partial charge in [-0.1, -0.05) is 29.3 Å². The van der Waals surface area contributed by atoms with E-state index in [4.69, 9.17) is 27.9 Å². The van der Waals surface area contributed by atoms with Crippen LogP contribution >= 0.6 is 35.0 Å². The number of halogens is 2. The highest BCUT2D eigenvalue weighted by molar-refractivity contribution is 7.98. The van der Waals surface area contributed by atoms with E-state index in [1.54, 1.807) is 17.0 Å². The highest BCUT2D eigenvalue weighted by Gasteiger charge is 2.24. The molecule has 1 aliphatic rings. The zero-order valence-corrected chi connectivity index (χ0v) is 23.9. The van der Waals surface area contributed by atoms with E-state index in [0.717, 1.165) is 0 Å². The Hall–Kier alpha value is -2.48. The molecule has 1 amide bonds. The van der Waals surface area contributed by atoms with Crippen LogP contribution in [0.15, 0.2) is 75.4 Å². The maximum Gasteiger partial charge on any atom is 0.261 e. The van der Waals surface area contributed by atoms with Crippen LogP contribution in [0.1, 0.15) is 10.4 Å². The molecule has 0 bridgehead atoms. The van der Waals surface area contributed by atoms with Gasteiger partial charge in [0.15, 0.2) is 0 Å². The Morgan fingerprint density at radius 2 is 1.53 bits per heavy atom. The summed E-state index contributed by atoms with van der Waals surface area (Å²) in [6, 6.07) is 14.1. The molecule has 1 fully saturated rings. The first kappa shape index (κ1) is 28.5. The van der Waals surface area contributed by atoms with Gasteiger partial charge >= 0.3 is 0 Å². The first-order valence-corrected chi connectivity index (χ1v) is 16.1. The number of hydrogen-bond acceptors (Lipinski definition) is 7. The fraction of sp³-hybridized carbons (Fsp3) is 0.208. The molecule has 0 spiro atoms. The zero-order chi connectivity index (χ0) is 27.5. The first-order valence-electron chi connectivity index (χ1n) is 11.2. The van der Waals surface area contributed by atoms with Crippen molar-refractivity contribution in [3.63, 3.8) is 0 Å².